The number of fused-ring (bicyclic) bond motifs is 1. The van der Waals surface area contributed by atoms with Gasteiger partial charge in [-0.25, -0.2) is 4.98 Å². The highest BCUT2D eigenvalue weighted by molar-refractivity contribution is 7.99. The number of nitrogens with one attached hydrogen (secondary N) is 1. The largest absolute Gasteiger partial charge is 0.416 e. The molecule has 6 nitrogen and oxygen atoms in total. The third kappa shape index (κ3) is 5.65. The molecule has 0 aliphatic carbocycles. The van der Waals surface area contributed by atoms with E-state index in [0.29, 0.717) is 24.1 Å². The van der Waals surface area contributed by atoms with Crippen LogP contribution in [0.25, 0.3) is 10.2 Å². The van der Waals surface area contributed by atoms with Gasteiger partial charge in [0.25, 0.3) is 5.22 Å². The molecule has 4 aromatic rings. The average Bonchev–Trinajstić information content (AvgIpc) is 3.38. The Bertz CT molecular complexity index is 1050. The zero-order valence-corrected chi connectivity index (χ0v) is 17.3. The first-order valence-electron chi connectivity index (χ1n) is 9.36. The molecule has 0 spiro atoms. The summed E-state index contributed by atoms with van der Waals surface area (Å²) >= 11 is 2.94. The van der Waals surface area contributed by atoms with Crippen molar-refractivity contribution in [1.82, 2.24) is 20.5 Å². The van der Waals surface area contributed by atoms with Crippen molar-refractivity contribution in [2.45, 2.75) is 24.5 Å². The first kappa shape index (κ1) is 19.6. The number of thioether (sulfide) groups is 1. The lowest BCUT2D eigenvalue weighted by Gasteiger charge is -2.04. The van der Waals surface area contributed by atoms with Gasteiger partial charge in [0.05, 0.1) is 21.0 Å². The van der Waals surface area contributed by atoms with Gasteiger partial charge in [0.2, 0.25) is 11.8 Å². The molecule has 29 heavy (non-hydrogen) atoms. The quantitative estimate of drug-likeness (QED) is 0.410. The Labute approximate surface area is 176 Å². The number of para-hydroxylation sites is 1. The molecule has 0 aliphatic heterocycles. The highest BCUT2D eigenvalue weighted by atomic mass is 32.2. The van der Waals surface area contributed by atoms with Crippen LogP contribution >= 0.6 is 23.1 Å². The molecule has 8 heteroatoms. The molecule has 2 heterocycles. The summed E-state index contributed by atoms with van der Waals surface area (Å²) in [5, 5.41) is 12.5. The Morgan fingerprint density at radius 1 is 1.00 bits per heavy atom. The van der Waals surface area contributed by atoms with Crippen LogP contribution in [0.3, 0.4) is 0 Å². The Balaban J connectivity index is 1.19. The number of hydrogen-bond donors (Lipinski definition) is 1. The van der Waals surface area contributed by atoms with E-state index in [1.54, 1.807) is 11.3 Å². The van der Waals surface area contributed by atoms with Crippen LogP contribution in [-0.4, -0.2) is 33.4 Å². The summed E-state index contributed by atoms with van der Waals surface area (Å²) in [4.78, 5) is 16.6. The van der Waals surface area contributed by atoms with Crippen LogP contribution < -0.4 is 5.32 Å². The smallest absolute Gasteiger partial charge is 0.277 e. The highest BCUT2D eigenvalue weighted by Crippen LogP contribution is 2.23. The fourth-order valence-corrected chi connectivity index (χ4v) is 4.38. The van der Waals surface area contributed by atoms with Gasteiger partial charge in [-0.2, -0.15) is 0 Å². The van der Waals surface area contributed by atoms with Gasteiger partial charge < -0.3 is 9.73 Å². The minimum Gasteiger partial charge on any atom is -0.416 e. The molecule has 0 saturated carbocycles. The molecule has 0 bridgehead atoms. The number of hydrogen-bond acceptors (Lipinski definition) is 7. The van der Waals surface area contributed by atoms with Crippen molar-refractivity contribution >= 4 is 39.2 Å². The number of nitrogens with zero attached hydrogens (tertiary/aromatic N) is 3. The summed E-state index contributed by atoms with van der Waals surface area (Å²) in [6, 6.07) is 18.2. The fraction of sp³-hybridized carbons (Fsp3) is 0.238. The van der Waals surface area contributed by atoms with E-state index in [4.69, 9.17) is 4.42 Å². The summed E-state index contributed by atoms with van der Waals surface area (Å²) < 4.78 is 6.82. The Hall–Kier alpha value is -2.71. The Morgan fingerprint density at radius 2 is 1.83 bits per heavy atom. The monoisotopic (exact) mass is 424 g/mol. The first-order chi connectivity index (χ1) is 14.3. The second-order valence-corrected chi connectivity index (χ2v) is 8.45. The van der Waals surface area contributed by atoms with Crippen LogP contribution in [0.2, 0.25) is 0 Å². The maximum atomic E-state index is 12.0. The first-order valence-corrected chi connectivity index (χ1v) is 11.2. The van der Waals surface area contributed by atoms with E-state index in [0.717, 1.165) is 23.4 Å². The SMILES string of the molecule is O=C(CSc1nnc(CCc2nc3ccccc3s2)o1)NCCc1ccccc1. The lowest BCUT2D eigenvalue weighted by molar-refractivity contribution is -0.118. The fourth-order valence-electron chi connectivity index (χ4n) is 2.81. The number of thiazole rings is 1. The van der Waals surface area contributed by atoms with Crippen LogP contribution in [0.1, 0.15) is 16.5 Å². The molecule has 4 rings (SSSR count). The minimum atomic E-state index is -0.0415. The molecule has 1 amide bonds. The summed E-state index contributed by atoms with van der Waals surface area (Å²) in [6.45, 7) is 0.612. The predicted molar refractivity (Wildman–Crippen MR) is 115 cm³/mol. The summed E-state index contributed by atoms with van der Waals surface area (Å²) in [5.74, 6) is 0.783. The summed E-state index contributed by atoms with van der Waals surface area (Å²) in [5.41, 5.74) is 2.22. The Morgan fingerprint density at radius 3 is 2.69 bits per heavy atom. The van der Waals surface area contributed by atoms with E-state index < -0.39 is 0 Å². The van der Waals surface area contributed by atoms with Crippen LogP contribution in [0.5, 0.6) is 0 Å². The zero-order chi connectivity index (χ0) is 19.9. The number of aromatic nitrogens is 3. The summed E-state index contributed by atoms with van der Waals surface area (Å²) in [6.07, 6.45) is 2.20. The van der Waals surface area contributed by atoms with E-state index in [2.05, 4.69) is 38.7 Å². The lowest BCUT2D eigenvalue weighted by Crippen LogP contribution is -2.27. The number of carbonyl (C=O) groups is 1. The molecule has 148 valence electrons. The molecule has 0 radical (unpaired) electrons. The third-order valence-electron chi connectivity index (χ3n) is 4.24. The van der Waals surface area contributed by atoms with Gasteiger partial charge >= 0.3 is 0 Å². The lowest BCUT2D eigenvalue weighted by atomic mass is 10.1. The number of rotatable bonds is 9. The molecule has 0 aliphatic rings. The van der Waals surface area contributed by atoms with Crippen molar-refractivity contribution in [2.24, 2.45) is 0 Å². The van der Waals surface area contributed by atoms with Crippen molar-refractivity contribution in [1.29, 1.82) is 0 Å². The molecular formula is C21H20N4O2S2. The van der Waals surface area contributed by atoms with E-state index >= 15 is 0 Å². The summed E-state index contributed by atoms with van der Waals surface area (Å²) in [7, 11) is 0. The van der Waals surface area contributed by atoms with Crippen molar-refractivity contribution < 1.29 is 9.21 Å². The van der Waals surface area contributed by atoms with Crippen LogP contribution in [-0.2, 0) is 24.1 Å². The number of amides is 1. The molecular weight excluding hydrogens is 404 g/mol. The van der Waals surface area contributed by atoms with Gasteiger partial charge in [-0.3, -0.25) is 4.79 Å². The molecule has 2 aromatic heterocycles. The molecule has 0 unspecified atom stereocenters. The van der Waals surface area contributed by atoms with Crippen molar-refractivity contribution in [3.63, 3.8) is 0 Å². The van der Waals surface area contributed by atoms with Gasteiger partial charge in [0.1, 0.15) is 0 Å². The van der Waals surface area contributed by atoms with Crippen molar-refractivity contribution in [3.05, 3.63) is 71.1 Å². The third-order valence-corrected chi connectivity index (χ3v) is 6.16. The van der Waals surface area contributed by atoms with Gasteiger partial charge in [-0.15, -0.1) is 21.5 Å². The van der Waals surface area contributed by atoms with Crippen LogP contribution in [0.4, 0.5) is 0 Å². The maximum Gasteiger partial charge on any atom is 0.277 e. The molecule has 0 saturated heterocycles. The minimum absolute atomic E-state index is 0.0415. The average molecular weight is 425 g/mol. The number of carbonyl (C=O) groups excluding carboxylic acids is 1. The topological polar surface area (TPSA) is 80.9 Å². The highest BCUT2D eigenvalue weighted by Gasteiger charge is 2.11. The van der Waals surface area contributed by atoms with E-state index in [1.165, 1.54) is 22.0 Å². The van der Waals surface area contributed by atoms with Gasteiger partial charge in [-0.05, 0) is 24.1 Å². The van der Waals surface area contributed by atoms with E-state index in [9.17, 15) is 4.79 Å². The molecule has 1 N–H and O–H groups in total. The second kappa shape index (κ2) is 9.67. The second-order valence-electron chi connectivity index (χ2n) is 6.41. The van der Waals surface area contributed by atoms with Crippen LogP contribution in [0, 0.1) is 0 Å². The van der Waals surface area contributed by atoms with Crippen LogP contribution in [0.15, 0.2) is 64.2 Å². The number of aryl methyl sites for hydroxylation is 2. The molecule has 0 fully saturated rings. The molecule has 0 atom stereocenters. The van der Waals surface area contributed by atoms with E-state index in [1.807, 2.05) is 36.4 Å². The van der Waals surface area contributed by atoms with E-state index in [-0.39, 0.29) is 11.7 Å². The molecule has 2 aromatic carbocycles. The Kier molecular flexibility index (Phi) is 6.53. The predicted octanol–water partition coefficient (Wildman–Crippen LogP) is 3.92. The normalized spacial score (nSPS) is 11.0. The van der Waals surface area contributed by atoms with Crippen molar-refractivity contribution in [3.8, 4) is 0 Å². The van der Waals surface area contributed by atoms with Gasteiger partial charge in [-0.1, -0.05) is 54.2 Å². The zero-order valence-electron chi connectivity index (χ0n) is 15.7. The van der Waals surface area contributed by atoms with Gasteiger partial charge in [0, 0.05) is 19.4 Å². The van der Waals surface area contributed by atoms with Crippen molar-refractivity contribution in [2.75, 3.05) is 12.3 Å². The maximum absolute atomic E-state index is 12.0. The number of benzene rings is 2. The van der Waals surface area contributed by atoms with Gasteiger partial charge in [0.15, 0.2) is 0 Å². The standard InChI is InChI=1S/C21H20N4O2S2/c26-18(22-13-12-15-6-2-1-3-7-15)14-28-21-25-24-19(27-21)10-11-20-23-16-8-4-5-9-17(16)29-20/h1-9H,10-14H2,(H,22,26).